The average Bonchev–Trinajstić information content (AvgIpc) is 2.46. The number of carbonyl (C=O) groups excluding carboxylic acids is 1. The van der Waals surface area contributed by atoms with Crippen molar-refractivity contribution >= 4 is 11.5 Å². The molecule has 0 amide bonds. The van der Waals surface area contributed by atoms with Gasteiger partial charge in [-0.2, -0.15) is 13.2 Å². The summed E-state index contributed by atoms with van der Waals surface area (Å²) in [5, 5.41) is 2.35. The van der Waals surface area contributed by atoms with Crippen LogP contribution >= 0.6 is 0 Å². The molecule has 0 spiro atoms. The van der Waals surface area contributed by atoms with Crippen LogP contribution in [0.5, 0.6) is 0 Å². The Bertz CT molecular complexity index is 640. The number of hydrogen-bond donors (Lipinski definition) is 1. The number of Topliss-reactive ketones (excluding diaryl/α,β-unsaturated/α-hetero) is 1. The number of hydrogen-bond acceptors (Lipinski definition) is 2. The fourth-order valence-electron chi connectivity index (χ4n) is 1.90. The molecular formula is C17H19F4NO. The van der Waals surface area contributed by atoms with Gasteiger partial charge in [-0.25, -0.2) is 4.39 Å². The maximum Gasteiger partial charge on any atom is 0.431 e. The van der Waals surface area contributed by atoms with Crippen molar-refractivity contribution in [3.8, 4) is 0 Å². The SMILES string of the molecule is CC/C(C)=C(/N/C(=C(\C)C(C)=O)c1ccc(F)cc1)C(F)(F)F. The standard InChI is InChI=1S/C17H19F4NO/c1-5-10(2)16(17(19,20)21)22-15(11(3)12(4)23)13-6-8-14(18)9-7-13/h6-9,22H,5H2,1-4H3/b15-11+,16-10+. The van der Waals surface area contributed by atoms with Gasteiger partial charge in [-0.1, -0.05) is 6.92 Å². The minimum Gasteiger partial charge on any atom is -0.351 e. The van der Waals surface area contributed by atoms with E-state index < -0.39 is 17.7 Å². The molecule has 0 bridgehead atoms. The number of allylic oxidation sites excluding steroid dienone is 3. The van der Waals surface area contributed by atoms with Crippen LogP contribution in [0.2, 0.25) is 0 Å². The van der Waals surface area contributed by atoms with Crippen molar-refractivity contribution in [1.29, 1.82) is 0 Å². The van der Waals surface area contributed by atoms with Crippen LogP contribution in [0, 0.1) is 5.82 Å². The molecule has 1 aromatic carbocycles. The van der Waals surface area contributed by atoms with E-state index in [-0.39, 0.29) is 29.0 Å². The third-order valence-corrected chi connectivity index (χ3v) is 3.53. The first-order chi connectivity index (χ1) is 10.6. The van der Waals surface area contributed by atoms with E-state index in [0.29, 0.717) is 5.56 Å². The minimum absolute atomic E-state index is 0.0256. The molecule has 126 valence electrons. The molecule has 2 nitrogen and oxygen atoms in total. The number of rotatable bonds is 5. The summed E-state index contributed by atoms with van der Waals surface area (Å²) in [6.07, 6.45) is -4.37. The average molecular weight is 329 g/mol. The highest BCUT2D eigenvalue weighted by atomic mass is 19.4. The summed E-state index contributed by atoms with van der Waals surface area (Å²) in [6, 6.07) is 4.93. The molecule has 0 aliphatic heterocycles. The third kappa shape index (κ3) is 4.94. The molecular weight excluding hydrogens is 310 g/mol. The zero-order valence-corrected chi connectivity index (χ0v) is 13.4. The summed E-state index contributed by atoms with van der Waals surface area (Å²) in [5.41, 5.74) is -0.307. The summed E-state index contributed by atoms with van der Waals surface area (Å²) in [4.78, 5) is 11.6. The number of alkyl halides is 3. The van der Waals surface area contributed by atoms with Crippen LogP contribution in [0.1, 0.15) is 39.7 Å². The normalized spacial score (nSPS) is 14.1. The van der Waals surface area contributed by atoms with Gasteiger partial charge in [-0.15, -0.1) is 0 Å². The van der Waals surface area contributed by atoms with Crippen LogP contribution in [0.4, 0.5) is 17.6 Å². The molecule has 0 saturated heterocycles. The molecule has 0 atom stereocenters. The van der Waals surface area contributed by atoms with Gasteiger partial charge in [0, 0.05) is 5.57 Å². The van der Waals surface area contributed by atoms with Crippen LogP contribution in [0.3, 0.4) is 0 Å². The number of carbonyl (C=O) groups is 1. The maximum atomic E-state index is 13.3. The second-order valence-electron chi connectivity index (χ2n) is 5.19. The van der Waals surface area contributed by atoms with Crippen molar-refractivity contribution in [1.82, 2.24) is 5.32 Å². The molecule has 23 heavy (non-hydrogen) atoms. The molecule has 0 aromatic heterocycles. The highest BCUT2D eigenvalue weighted by Gasteiger charge is 2.36. The van der Waals surface area contributed by atoms with Crippen molar-refractivity contribution in [3.05, 3.63) is 52.5 Å². The Morgan fingerprint density at radius 3 is 2.00 bits per heavy atom. The lowest BCUT2D eigenvalue weighted by Crippen LogP contribution is -2.28. The first kappa shape index (κ1) is 18.9. The van der Waals surface area contributed by atoms with Gasteiger partial charge in [0.2, 0.25) is 0 Å². The Kier molecular flexibility index (Phi) is 6.12. The fourth-order valence-corrected chi connectivity index (χ4v) is 1.90. The lowest BCUT2D eigenvalue weighted by molar-refractivity contribution is -0.113. The van der Waals surface area contributed by atoms with Gasteiger partial charge in [0.25, 0.3) is 0 Å². The Hall–Kier alpha value is -2.11. The Morgan fingerprint density at radius 1 is 1.09 bits per heavy atom. The molecule has 6 heteroatoms. The molecule has 1 aromatic rings. The molecule has 0 fully saturated rings. The second-order valence-corrected chi connectivity index (χ2v) is 5.19. The lowest BCUT2D eigenvalue weighted by Gasteiger charge is -2.21. The van der Waals surface area contributed by atoms with Crippen molar-refractivity contribution in [2.24, 2.45) is 0 Å². The van der Waals surface area contributed by atoms with E-state index in [1.807, 2.05) is 0 Å². The highest BCUT2D eigenvalue weighted by Crippen LogP contribution is 2.30. The number of nitrogens with one attached hydrogen (secondary N) is 1. The molecule has 0 unspecified atom stereocenters. The van der Waals surface area contributed by atoms with Gasteiger partial charge in [-0.05, 0) is 62.6 Å². The summed E-state index contributed by atoms with van der Waals surface area (Å²) < 4.78 is 52.9. The first-order valence-corrected chi connectivity index (χ1v) is 7.09. The van der Waals surface area contributed by atoms with E-state index in [4.69, 9.17) is 0 Å². The zero-order valence-electron chi connectivity index (χ0n) is 13.4. The summed E-state index contributed by atoms with van der Waals surface area (Å²) >= 11 is 0. The van der Waals surface area contributed by atoms with Crippen LogP contribution in [-0.2, 0) is 4.79 Å². The van der Waals surface area contributed by atoms with Crippen molar-refractivity contribution in [2.45, 2.75) is 40.3 Å². The zero-order chi connectivity index (χ0) is 17.8. The summed E-state index contributed by atoms with van der Waals surface area (Å²) in [6.45, 7) is 5.69. The van der Waals surface area contributed by atoms with E-state index >= 15 is 0 Å². The van der Waals surface area contributed by atoms with Gasteiger partial charge < -0.3 is 5.32 Å². The van der Waals surface area contributed by atoms with E-state index in [1.165, 1.54) is 32.9 Å². The summed E-state index contributed by atoms with van der Waals surface area (Å²) in [7, 11) is 0. The molecule has 0 radical (unpaired) electrons. The Balaban J connectivity index is 3.46. The third-order valence-electron chi connectivity index (χ3n) is 3.53. The van der Waals surface area contributed by atoms with E-state index in [0.717, 1.165) is 12.1 Å². The van der Waals surface area contributed by atoms with Gasteiger partial charge in [0.05, 0.1) is 5.70 Å². The van der Waals surface area contributed by atoms with E-state index in [1.54, 1.807) is 6.92 Å². The number of ketones is 1. The number of benzene rings is 1. The van der Waals surface area contributed by atoms with Crippen molar-refractivity contribution in [2.75, 3.05) is 0 Å². The molecule has 0 aliphatic carbocycles. The molecule has 0 saturated carbocycles. The van der Waals surface area contributed by atoms with Gasteiger partial charge in [0.15, 0.2) is 5.78 Å². The molecule has 1 N–H and O–H groups in total. The molecule has 0 aliphatic rings. The van der Waals surface area contributed by atoms with E-state index in [9.17, 15) is 22.4 Å². The first-order valence-electron chi connectivity index (χ1n) is 7.09. The number of halogens is 4. The Labute approximate surface area is 132 Å². The molecule has 0 heterocycles. The van der Waals surface area contributed by atoms with Crippen LogP contribution in [0.15, 0.2) is 41.1 Å². The van der Waals surface area contributed by atoms with E-state index in [2.05, 4.69) is 5.32 Å². The van der Waals surface area contributed by atoms with Crippen LogP contribution in [0.25, 0.3) is 5.70 Å². The summed E-state index contributed by atoms with van der Waals surface area (Å²) in [5.74, 6) is -0.877. The smallest absolute Gasteiger partial charge is 0.351 e. The monoisotopic (exact) mass is 329 g/mol. The largest absolute Gasteiger partial charge is 0.431 e. The maximum absolute atomic E-state index is 13.3. The van der Waals surface area contributed by atoms with Crippen molar-refractivity contribution < 1.29 is 22.4 Å². The highest BCUT2D eigenvalue weighted by molar-refractivity contribution is 6.00. The quantitative estimate of drug-likeness (QED) is 0.609. The lowest BCUT2D eigenvalue weighted by atomic mass is 10.0. The van der Waals surface area contributed by atoms with Gasteiger partial charge in [0.1, 0.15) is 11.5 Å². The molecule has 1 rings (SSSR count). The topological polar surface area (TPSA) is 29.1 Å². The van der Waals surface area contributed by atoms with Gasteiger partial charge in [-0.3, -0.25) is 4.79 Å². The fraction of sp³-hybridized carbons (Fsp3) is 0.353. The van der Waals surface area contributed by atoms with Crippen LogP contribution < -0.4 is 5.32 Å². The minimum atomic E-state index is -4.58. The predicted molar refractivity (Wildman–Crippen MR) is 81.9 cm³/mol. The Morgan fingerprint density at radius 2 is 1.61 bits per heavy atom. The second kappa shape index (κ2) is 7.44. The van der Waals surface area contributed by atoms with Crippen LogP contribution in [-0.4, -0.2) is 12.0 Å². The predicted octanol–water partition coefficient (Wildman–Crippen LogP) is 4.98. The van der Waals surface area contributed by atoms with Crippen molar-refractivity contribution in [3.63, 3.8) is 0 Å². The van der Waals surface area contributed by atoms with Gasteiger partial charge >= 0.3 is 6.18 Å².